The van der Waals surface area contributed by atoms with Gasteiger partial charge < -0.3 is 16.4 Å². The second-order valence-corrected chi connectivity index (χ2v) is 7.98. The van der Waals surface area contributed by atoms with Crippen LogP contribution in [0.4, 0.5) is 17.2 Å². The number of nitrogens with one attached hydrogen (secondary N) is 2. The molecule has 1 fully saturated rings. The van der Waals surface area contributed by atoms with Crippen molar-refractivity contribution < 1.29 is 4.79 Å². The summed E-state index contributed by atoms with van der Waals surface area (Å²) in [6.45, 7) is 3.85. The minimum atomic E-state index is -0.574. The van der Waals surface area contributed by atoms with Crippen molar-refractivity contribution in [3.05, 3.63) is 44.5 Å². The molecule has 2 aliphatic heterocycles. The van der Waals surface area contributed by atoms with E-state index in [1.54, 1.807) is 10.8 Å². The van der Waals surface area contributed by atoms with E-state index in [1.807, 2.05) is 13.8 Å². The Morgan fingerprint density at radius 3 is 2.59 bits per heavy atom. The van der Waals surface area contributed by atoms with Gasteiger partial charge in [-0.2, -0.15) is 0 Å². The fraction of sp³-hybridized carbons (Fsp3) is 0.450. The molecule has 1 saturated carbocycles. The summed E-state index contributed by atoms with van der Waals surface area (Å²) in [5.74, 6) is 0.329. The Morgan fingerprint density at radius 1 is 1.11 bits per heavy atom. The van der Waals surface area contributed by atoms with Crippen LogP contribution >= 0.6 is 0 Å². The number of carbonyl (C=O) groups excluding carboxylic acids is 1. The van der Waals surface area contributed by atoms with Crippen LogP contribution in [0.15, 0.2) is 11.0 Å². The summed E-state index contributed by atoms with van der Waals surface area (Å²) in [5, 5.41) is 6.48. The first kappa shape index (κ1) is 16.4. The van der Waals surface area contributed by atoms with Crippen molar-refractivity contribution in [2.75, 3.05) is 11.1 Å². The van der Waals surface area contributed by atoms with E-state index in [0.29, 0.717) is 23.6 Å². The Hall–Kier alpha value is -2.83. The van der Waals surface area contributed by atoms with Crippen LogP contribution in [0, 0.1) is 13.8 Å². The molecule has 1 amide bonds. The second kappa shape index (κ2) is 5.34. The summed E-state index contributed by atoms with van der Waals surface area (Å²) < 4.78 is 1.74. The standard InChI is InChI=1S/C20H23N5O2/c1-10-13-8-12-9-22-17(21)11(2)14(12)23-15(13)19(27)25-16(10)18(26)24-20(25)6-4-3-5-7-20/h9,23H,3-8H2,1-2H3,(H2,21,22)(H,24,26). The Labute approximate surface area is 157 Å². The summed E-state index contributed by atoms with van der Waals surface area (Å²) in [6.07, 6.45) is 7.09. The van der Waals surface area contributed by atoms with Gasteiger partial charge in [0.1, 0.15) is 22.9 Å². The molecule has 0 unspecified atom stereocenters. The molecule has 2 aromatic rings. The van der Waals surface area contributed by atoms with Gasteiger partial charge in [-0.25, -0.2) is 4.98 Å². The number of nitrogens with two attached hydrogens (primary N) is 1. The molecule has 3 aliphatic rings. The molecule has 7 heteroatoms. The number of amides is 1. The van der Waals surface area contributed by atoms with Crippen LogP contribution in [0.25, 0.3) is 0 Å². The molecule has 0 radical (unpaired) electrons. The number of hydrogen-bond acceptors (Lipinski definition) is 5. The molecule has 4 heterocycles. The monoisotopic (exact) mass is 365 g/mol. The summed E-state index contributed by atoms with van der Waals surface area (Å²) in [4.78, 5) is 30.6. The van der Waals surface area contributed by atoms with Crippen LogP contribution in [0.5, 0.6) is 0 Å². The maximum atomic E-state index is 13.5. The van der Waals surface area contributed by atoms with Crippen molar-refractivity contribution in [1.29, 1.82) is 0 Å². The highest BCUT2D eigenvalue weighted by atomic mass is 16.2. The zero-order valence-corrected chi connectivity index (χ0v) is 15.6. The third kappa shape index (κ3) is 2.05. The lowest BCUT2D eigenvalue weighted by Gasteiger charge is -2.36. The van der Waals surface area contributed by atoms with Crippen molar-refractivity contribution in [1.82, 2.24) is 14.9 Å². The molecule has 0 atom stereocenters. The van der Waals surface area contributed by atoms with Gasteiger partial charge in [-0.1, -0.05) is 6.42 Å². The molecule has 1 spiro atoms. The molecule has 27 heavy (non-hydrogen) atoms. The minimum Gasteiger partial charge on any atom is -0.383 e. The Balaban J connectivity index is 1.76. The Bertz CT molecular complexity index is 1060. The first-order valence-corrected chi connectivity index (χ1v) is 9.55. The number of aromatic nitrogens is 2. The van der Waals surface area contributed by atoms with Gasteiger partial charge in [0.15, 0.2) is 0 Å². The predicted molar refractivity (Wildman–Crippen MR) is 103 cm³/mol. The number of carbonyl (C=O) groups is 1. The number of nitrogen functional groups attached to an aromatic ring is 1. The van der Waals surface area contributed by atoms with E-state index in [2.05, 4.69) is 15.6 Å². The van der Waals surface area contributed by atoms with Crippen LogP contribution in [-0.2, 0) is 12.1 Å². The van der Waals surface area contributed by atoms with Gasteiger partial charge in [-0.05, 0) is 56.2 Å². The molecule has 4 N–H and O–H groups in total. The smallest absolute Gasteiger partial charge is 0.277 e. The zero-order valence-electron chi connectivity index (χ0n) is 15.6. The van der Waals surface area contributed by atoms with E-state index < -0.39 is 5.66 Å². The number of hydrogen-bond donors (Lipinski definition) is 3. The van der Waals surface area contributed by atoms with E-state index in [1.165, 1.54) is 0 Å². The van der Waals surface area contributed by atoms with E-state index in [-0.39, 0.29) is 11.5 Å². The Kier molecular flexibility index (Phi) is 3.24. The molecule has 2 aromatic heterocycles. The lowest BCUT2D eigenvalue weighted by Crippen LogP contribution is -2.49. The molecular weight excluding hydrogens is 342 g/mol. The highest BCUT2D eigenvalue weighted by Gasteiger charge is 2.46. The molecular formula is C20H23N5O2. The number of pyridine rings is 2. The van der Waals surface area contributed by atoms with Gasteiger partial charge >= 0.3 is 0 Å². The van der Waals surface area contributed by atoms with Gasteiger partial charge in [0, 0.05) is 18.2 Å². The largest absolute Gasteiger partial charge is 0.383 e. The predicted octanol–water partition coefficient (Wildman–Crippen LogP) is 2.45. The van der Waals surface area contributed by atoms with Gasteiger partial charge in [-0.3, -0.25) is 14.2 Å². The molecule has 0 aromatic carbocycles. The van der Waals surface area contributed by atoms with Crippen LogP contribution in [0.1, 0.15) is 64.8 Å². The van der Waals surface area contributed by atoms with Crippen molar-refractivity contribution in [3.8, 4) is 0 Å². The first-order chi connectivity index (χ1) is 12.9. The summed E-state index contributed by atoms with van der Waals surface area (Å²) in [7, 11) is 0. The molecule has 1 aliphatic carbocycles. The maximum Gasteiger partial charge on any atom is 0.277 e. The van der Waals surface area contributed by atoms with Crippen LogP contribution in [-0.4, -0.2) is 15.5 Å². The third-order valence-corrected chi connectivity index (χ3v) is 6.48. The Morgan fingerprint density at radius 2 is 1.85 bits per heavy atom. The summed E-state index contributed by atoms with van der Waals surface area (Å²) in [5.41, 5.74) is 10.8. The number of anilines is 3. The third-order valence-electron chi connectivity index (χ3n) is 6.48. The van der Waals surface area contributed by atoms with Crippen LogP contribution < -0.4 is 21.9 Å². The fourth-order valence-electron chi connectivity index (χ4n) is 4.98. The molecule has 0 bridgehead atoms. The zero-order chi connectivity index (χ0) is 18.9. The molecule has 140 valence electrons. The normalized spacial score (nSPS) is 19.1. The first-order valence-electron chi connectivity index (χ1n) is 9.55. The molecule has 7 nitrogen and oxygen atoms in total. The summed E-state index contributed by atoms with van der Waals surface area (Å²) in [6, 6.07) is 0. The van der Waals surface area contributed by atoms with Crippen molar-refractivity contribution in [2.24, 2.45) is 0 Å². The van der Waals surface area contributed by atoms with Gasteiger partial charge in [-0.15, -0.1) is 0 Å². The highest BCUT2D eigenvalue weighted by Crippen LogP contribution is 2.41. The van der Waals surface area contributed by atoms with E-state index >= 15 is 0 Å². The SMILES string of the molecule is Cc1c(N)ncc2c1Nc1c(c(C)c3n(c1=O)C1(CCCCC1)NC3=O)C2. The molecule has 5 rings (SSSR count). The van der Waals surface area contributed by atoms with Crippen molar-refractivity contribution in [2.45, 2.75) is 58.0 Å². The fourth-order valence-corrected chi connectivity index (χ4v) is 4.98. The van der Waals surface area contributed by atoms with Crippen molar-refractivity contribution >= 4 is 23.1 Å². The highest BCUT2D eigenvalue weighted by molar-refractivity contribution is 5.98. The number of rotatable bonds is 0. The average Bonchev–Trinajstić information content (AvgIpc) is 2.94. The quantitative estimate of drug-likeness (QED) is 0.568. The minimum absolute atomic E-state index is 0.119. The number of fused-ring (bicyclic) bond motifs is 4. The van der Waals surface area contributed by atoms with E-state index in [9.17, 15) is 9.59 Å². The van der Waals surface area contributed by atoms with Crippen LogP contribution in [0.2, 0.25) is 0 Å². The average molecular weight is 365 g/mol. The number of nitrogens with zero attached hydrogens (tertiary/aromatic N) is 2. The lowest BCUT2D eigenvalue weighted by atomic mass is 9.88. The lowest BCUT2D eigenvalue weighted by molar-refractivity contribution is 0.0876. The topological polar surface area (TPSA) is 102 Å². The summed E-state index contributed by atoms with van der Waals surface area (Å²) >= 11 is 0. The van der Waals surface area contributed by atoms with Gasteiger partial charge in [0.25, 0.3) is 11.5 Å². The molecule has 0 saturated heterocycles. The van der Waals surface area contributed by atoms with Crippen LogP contribution in [0.3, 0.4) is 0 Å². The second-order valence-electron chi connectivity index (χ2n) is 7.98. The van der Waals surface area contributed by atoms with E-state index in [0.717, 1.165) is 60.0 Å². The van der Waals surface area contributed by atoms with Gasteiger partial charge in [0.2, 0.25) is 0 Å². The van der Waals surface area contributed by atoms with Gasteiger partial charge in [0.05, 0.1) is 5.69 Å². The van der Waals surface area contributed by atoms with Crippen molar-refractivity contribution in [3.63, 3.8) is 0 Å². The maximum absolute atomic E-state index is 13.5. The van der Waals surface area contributed by atoms with E-state index in [4.69, 9.17) is 5.73 Å².